The molecule has 0 saturated heterocycles. The third-order valence-corrected chi connectivity index (χ3v) is 2.87. The Balaban J connectivity index is 2.30. The smallest absolute Gasteiger partial charge is 0.255 e. The largest absolute Gasteiger partial charge is 0.366 e. The number of carbonyl (C=O) groups is 2. The molecule has 1 aromatic heterocycles. The van der Waals surface area contributed by atoms with Crippen LogP contribution in [0.15, 0.2) is 41.3 Å². The number of benzene rings is 1. The minimum Gasteiger partial charge on any atom is -0.366 e. The number of carbonyl (C=O) groups excluding carboxylic acids is 2. The van der Waals surface area contributed by atoms with Crippen LogP contribution in [0, 0.1) is 5.82 Å². The molecule has 2 rings (SSSR count). The number of nitrogens with two attached hydrogens (primary N) is 1. The maximum absolute atomic E-state index is 13.6. The second-order valence-corrected chi connectivity index (χ2v) is 4.38. The van der Waals surface area contributed by atoms with Crippen LogP contribution >= 0.6 is 0 Å². The standard InChI is InChI=1S/C14H12FN3O3/c1-18-5-4-9(7-12(18)19)14(21)17-11-6-8(13(16)20)2-3-10(11)15/h2-7H,1H3,(H2,16,20)(H,17,21). The van der Waals surface area contributed by atoms with E-state index in [1.165, 1.54) is 22.9 Å². The molecule has 0 aliphatic rings. The van der Waals surface area contributed by atoms with Gasteiger partial charge in [0, 0.05) is 30.4 Å². The predicted molar refractivity (Wildman–Crippen MR) is 74.6 cm³/mol. The van der Waals surface area contributed by atoms with Crippen LogP contribution in [-0.4, -0.2) is 16.4 Å². The van der Waals surface area contributed by atoms with Gasteiger partial charge in [-0.3, -0.25) is 14.4 Å². The van der Waals surface area contributed by atoms with Gasteiger partial charge in [-0.25, -0.2) is 4.39 Å². The summed E-state index contributed by atoms with van der Waals surface area (Å²) in [6.45, 7) is 0. The molecule has 6 nitrogen and oxygen atoms in total. The van der Waals surface area contributed by atoms with Gasteiger partial charge in [0.25, 0.3) is 11.5 Å². The lowest BCUT2D eigenvalue weighted by Crippen LogP contribution is -2.20. The topological polar surface area (TPSA) is 94.2 Å². The molecule has 0 unspecified atom stereocenters. The Hall–Kier alpha value is -2.96. The van der Waals surface area contributed by atoms with Crippen molar-refractivity contribution < 1.29 is 14.0 Å². The van der Waals surface area contributed by atoms with Crippen LogP contribution < -0.4 is 16.6 Å². The third kappa shape index (κ3) is 3.14. The van der Waals surface area contributed by atoms with Crippen LogP contribution in [0.2, 0.25) is 0 Å². The Morgan fingerprint density at radius 3 is 2.52 bits per heavy atom. The number of halogens is 1. The molecular formula is C14H12FN3O3. The number of anilines is 1. The highest BCUT2D eigenvalue weighted by Crippen LogP contribution is 2.16. The van der Waals surface area contributed by atoms with E-state index in [0.29, 0.717) is 0 Å². The van der Waals surface area contributed by atoms with Gasteiger partial charge in [-0.1, -0.05) is 0 Å². The van der Waals surface area contributed by atoms with Crippen LogP contribution in [0.3, 0.4) is 0 Å². The third-order valence-electron chi connectivity index (χ3n) is 2.87. The van der Waals surface area contributed by atoms with Crippen molar-refractivity contribution in [2.24, 2.45) is 12.8 Å². The molecule has 7 heteroatoms. The number of nitrogens with zero attached hydrogens (tertiary/aromatic N) is 1. The Morgan fingerprint density at radius 2 is 1.90 bits per heavy atom. The molecule has 0 aliphatic heterocycles. The molecule has 0 saturated carbocycles. The molecule has 0 spiro atoms. The molecule has 108 valence electrons. The highest BCUT2D eigenvalue weighted by molar-refractivity contribution is 6.05. The first kappa shape index (κ1) is 14.4. The van der Waals surface area contributed by atoms with E-state index in [1.54, 1.807) is 7.05 Å². The molecule has 2 amide bonds. The number of aromatic nitrogens is 1. The molecule has 21 heavy (non-hydrogen) atoms. The van der Waals surface area contributed by atoms with Crippen molar-refractivity contribution in [2.45, 2.75) is 0 Å². The van der Waals surface area contributed by atoms with Gasteiger partial charge in [-0.05, 0) is 24.3 Å². The Kier molecular flexibility index (Phi) is 3.84. The zero-order valence-electron chi connectivity index (χ0n) is 11.1. The summed E-state index contributed by atoms with van der Waals surface area (Å²) < 4.78 is 14.9. The number of aryl methyl sites for hydroxylation is 1. The average Bonchev–Trinajstić information content (AvgIpc) is 2.43. The Labute approximate surface area is 119 Å². The number of amides is 2. The lowest BCUT2D eigenvalue weighted by molar-refractivity contribution is 0.0996. The Morgan fingerprint density at radius 1 is 1.19 bits per heavy atom. The van der Waals surface area contributed by atoms with Crippen LogP contribution in [0.1, 0.15) is 20.7 Å². The summed E-state index contributed by atoms with van der Waals surface area (Å²) in [7, 11) is 1.54. The predicted octanol–water partition coefficient (Wildman–Crippen LogP) is 0.876. The summed E-state index contributed by atoms with van der Waals surface area (Å²) >= 11 is 0. The number of rotatable bonds is 3. The van der Waals surface area contributed by atoms with Crippen LogP contribution in [0.5, 0.6) is 0 Å². The van der Waals surface area contributed by atoms with Gasteiger partial charge in [-0.15, -0.1) is 0 Å². The van der Waals surface area contributed by atoms with Crippen molar-refractivity contribution in [1.82, 2.24) is 4.57 Å². The zero-order valence-corrected chi connectivity index (χ0v) is 11.1. The number of nitrogens with one attached hydrogen (secondary N) is 1. The van der Waals surface area contributed by atoms with Crippen molar-refractivity contribution in [3.63, 3.8) is 0 Å². The van der Waals surface area contributed by atoms with Crippen molar-refractivity contribution in [1.29, 1.82) is 0 Å². The minimum absolute atomic E-state index is 0.0654. The van der Waals surface area contributed by atoms with Crippen molar-refractivity contribution in [2.75, 3.05) is 5.32 Å². The van der Waals surface area contributed by atoms with E-state index in [-0.39, 0.29) is 22.4 Å². The summed E-state index contributed by atoms with van der Waals surface area (Å²) in [4.78, 5) is 34.5. The summed E-state index contributed by atoms with van der Waals surface area (Å²) in [6, 6.07) is 5.93. The van der Waals surface area contributed by atoms with E-state index in [4.69, 9.17) is 5.73 Å². The molecule has 1 heterocycles. The monoisotopic (exact) mass is 289 g/mol. The molecule has 0 bridgehead atoms. The van der Waals surface area contributed by atoms with E-state index in [1.807, 2.05) is 0 Å². The maximum atomic E-state index is 13.6. The van der Waals surface area contributed by atoms with Gasteiger partial charge < -0.3 is 15.6 Å². The van der Waals surface area contributed by atoms with E-state index >= 15 is 0 Å². The second kappa shape index (κ2) is 5.58. The molecular weight excluding hydrogens is 277 g/mol. The number of pyridine rings is 1. The summed E-state index contributed by atoms with van der Waals surface area (Å²) in [5.41, 5.74) is 4.69. The van der Waals surface area contributed by atoms with Crippen molar-refractivity contribution >= 4 is 17.5 Å². The fourth-order valence-electron chi connectivity index (χ4n) is 1.66. The van der Waals surface area contributed by atoms with E-state index in [9.17, 15) is 18.8 Å². The van der Waals surface area contributed by atoms with Gasteiger partial charge in [0.15, 0.2) is 0 Å². The molecule has 1 aromatic carbocycles. The highest BCUT2D eigenvalue weighted by Gasteiger charge is 2.12. The van der Waals surface area contributed by atoms with E-state index in [0.717, 1.165) is 18.2 Å². The summed E-state index contributed by atoms with van der Waals surface area (Å²) in [5.74, 6) is -2.11. The number of hydrogen-bond donors (Lipinski definition) is 2. The summed E-state index contributed by atoms with van der Waals surface area (Å²) in [6.07, 6.45) is 1.42. The fourth-order valence-corrected chi connectivity index (χ4v) is 1.66. The average molecular weight is 289 g/mol. The van der Waals surface area contributed by atoms with Gasteiger partial charge in [0.05, 0.1) is 5.69 Å². The van der Waals surface area contributed by atoms with Crippen LogP contribution in [0.25, 0.3) is 0 Å². The van der Waals surface area contributed by atoms with Gasteiger partial charge in [0.2, 0.25) is 5.91 Å². The Bertz CT molecular complexity index is 783. The first-order valence-corrected chi connectivity index (χ1v) is 5.96. The highest BCUT2D eigenvalue weighted by atomic mass is 19.1. The van der Waals surface area contributed by atoms with Crippen LogP contribution in [0.4, 0.5) is 10.1 Å². The number of hydrogen-bond acceptors (Lipinski definition) is 3. The van der Waals surface area contributed by atoms with Gasteiger partial charge >= 0.3 is 0 Å². The lowest BCUT2D eigenvalue weighted by Gasteiger charge is -2.08. The minimum atomic E-state index is -0.737. The normalized spacial score (nSPS) is 10.2. The van der Waals surface area contributed by atoms with E-state index < -0.39 is 17.6 Å². The van der Waals surface area contributed by atoms with Gasteiger partial charge in [-0.2, -0.15) is 0 Å². The SMILES string of the molecule is Cn1ccc(C(=O)Nc2cc(C(N)=O)ccc2F)cc1=O. The quantitative estimate of drug-likeness (QED) is 0.878. The van der Waals surface area contributed by atoms with E-state index in [2.05, 4.69) is 5.32 Å². The maximum Gasteiger partial charge on any atom is 0.255 e. The molecule has 0 atom stereocenters. The first-order valence-electron chi connectivity index (χ1n) is 5.96. The molecule has 2 aromatic rings. The molecule has 0 radical (unpaired) electrons. The molecule has 0 fully saturated rings. The lowest BCUT2D eigenvalue weighted by atomic mass is 10.1. The van der Waals surface area contributed by atoms with Gasteiger partial charge in [0.1, 0.15) is 5.82 Å². The summed E-state index contributed by atoms with van der Waals surface area (Å²) in [5, 5.41) is 2.30. The second-order valence-electron chi connectivity index (χ2n) is 4.38. The number of primary amides is 1. The van der Waals surface area contributed by atoms with Crippen molar-refractivity contribution in [3.8, 4) is 0 Å². The molecule has 3 N–H and O–H groups in total. The first-order chi connectivity index (χ1) is 9.88. The zero-order chi connectivity index (χ0) is 15.6. The van der Waals surface area contributed by atoms with Crippen LogP contribution in [-0.2, 0) is 7.05 Å². The van der Waals surface area contributed by atoms with Crippen molar-refractivity contribution in [3.05, 3.63) is 63.8 Å². The fraction of sp³-hybridized carbons (Fsp3) is 0.0714. The molecule has 0 aliphatic carbocycles.